The van der Waals surface area contributed by atoms with E-state index in [1.54, 1.807) is 0 Å². The number of halogens is 2. The third-order valence-corrected chi connectivity index (χ3v) is 5.13. The molecule has 10 nitrogen and oxygen atoms in total. The summed E-state index contributed by atoms with van der Waals surface area (Å²) in [6, 6.07) is 5.49. The molecule has 3 heterocycles. The number of carbonyl (C=O) groups is 1. The zero-order valence-corrected chi connectivity index (χ0v) is 17.7. The van der Waals surface area contributed by atoms with E-state index in [0.717, 1.165) is 16.7 Å². The average Bonchev–Trinajstić information content (AvgIpc) is 3.23. The molecule has 0 saturated carbocycles. The van der Waals surface area contributed by atoms with Gasteiger partial charge in [0.15, 0.2) is 0 Å². The number of aliphatic hydroxyl groups excluding tert-OH is 1. The summed E-state index contributed by atoms with van der Waals surface area (Å²) in [6.07, 6.45) is 3.92. The lowest BCUT2D eigenvalue weighted by Gasteiger charge is -2.16. The van der Waals surface area contributed by atoms with Crippen molar-refractivity contribution in [2.75, 3.05) is 17.7 Å². The fourth-order valence-electron chi connectivity index (χ4n) is 3.39. The number of nitrogen functional groups attached to an aromatic ring is 1. The number of aliphatic hydroxyl groups is 1. The lowest BCUT2D eigenvalue weighted by atomic mass is 9.93. The first-order valence-corrected chi connectivity index (χ1v) is 9.90. The van der Waals surface area contributed by atoms with E-state index in [1.165, 1.54) is 43.8 Å². The highest BCUT2D eigenvalue weighted by Gasteiger charge is 2.31. The van der Waals surface area contributed by atoms with Crippen molar-refractivity contribution in [3.8, 4) is 11.3 Å². The number of carbonyl (C=O) groups excluding carboxylic acids is 1. The van der Waals surface area contributed by atoms with Crippen LogP contribution in [0.5, 0.6) is 0 Å². The average molecular weight is 468 g/mol. The SMILES string of the molecule is Cn1c(N)c(-c2nc(NC(=O)c3cnccn3)oc2C(CO)c2c(F)cccc2F)ccc1=O. The van der Waals surface area contributed by atoms with Gasteiger partial charge >= 0.3 is 6.01 Å². The van der Waals surface area contributed by atoms with E-state index in [4.69, 9.17) is 10.2 Å². The Balaban J connectivity index is 1.88. The van der Waals surface area contributed by atoms with Gasteiger partial charge in [-0.2, -0.15) is 4.98 Å². The number of anilines is 2. The van der Waals surface area contributed by atoms with Crippen LogP contribution in [0.15, 0.2) is 58.1 Å². The first-order valence-electron chi connectivity index (χ1n) is 9.90. The molecule has 1 aromatic carbocycles. The van der Waals surface area contributed by atoms with Gasteiger partial charge in [0.25, 0.3) is 11.5 Å². The quantitative estimate of drug-likeness (QED) is 0.389. The predicted octanol–water partition coefficient (Wildman–Crippen LogP) is 2.07. The van der Waals surface area contributed by atoms with Crippen LogP contribution in [-0.2, 0) is 7.05 Å². The van der Waals surface area contributed by atoms with Crippen molar-refractivity contribution >= 4 is 17.7 Å². The molecule has 1 amide bonds. The first-order chi connectivity index (χ1) is 16.3. The van der Waals surface area contributed by atoms with E-state index in [1.807, 2.05) is 0 Å². The number of aromatic nitrogens is 4. The number of hydrogen-bond donors (Lipinski definition) is 3. The van der Waals surface area contributed by atoms with Crippen molar-refractivity contribution in [3.05, 3.63) is 87.9 Å². The summed E-state index contributed by atoms with van der Waals surface area (Å²) in [5.41, 5.74) is 5.36. The normalized spacial score (nSPS) is 11.9. The van der Waals surface area contributed by atoms with Crippen molar-refractivity contribution in [1.29, 1.82) is 0 Å². The van der Waals surface area contributed by atoms with E-state index in [0.29, 0.717) is 0 Å². The molecule has 0 bridgehead atoms. The van der Waals surface area contributed by atoms with E-state index in [9.17, 15) is 23.5 Å². The van der Waals surface area contributed by atoms with Gasteiger partial charge in [-0.3, -0.25) is 24.5 Å². The van der Waals surface area contributed by atoms with Gasteiger partial charge in [0.05, 0.1) is 18.7 Å². The van der Waals surface area contributed by atoms with Gasteiger partial charge in [0.1, 0.15) is 34.6 Å². The minimum absolute atomic E-state index is 0.0143. The molecule has 4 rings (SSSR count). The number of hydrogen-bond acceptors (Lipinski definition) is 8. The fraction of sp³-hybridized carbons (Fsp3) is 0.136. The van der Waals surface area contributed by atoms with Gasteiger partial charge in [-0.15, -0.1) is 0 Å². The number of nitrogens with two attached hydrogens (primary N) is 1. The van der Waals surface area contributed by atoms with Crippen molar-refractivity contribution in [2.24, 2.45) is 7.05 Å². The largest absolute Gasteiger partial charge is 0.427 e. The number of rotatable bonds is 6. The summed E-state index contributed by atoms with van der Waals surface area (Å²) >= 11 is 0. The Kier molecular flexibility index (Phi) is 6.15. The van der Waals surface area contributed by atoms with Crippen LogP contribution in [0.2, 0.25) is 0 Å². The number of nitrogens with one attached hydrogen (secondary N) is 1. The van der Waals surface area contributed by atoms with Crippen LogP contribution >= 0.6 is 0 Å². The molecule has 0 aliphatic carbocycles. The van der Waals surface area contributed by atoms with Crippen LogP contribution in [0.25, 0.3) is 11.3 Å². The van der Waals surface area contributed by atoms with Crippen LogP contribution in [0.3, 0.4) is 0 Å². The summed E-state index contributed by atoms with van der Waals surface area (Å²) in [7, 11) is 1.43. The van der Waals surface area contributed by atoms with Gasteiger partial charge in [0, 0.05) is 36.6 Å². The molecular formula is C22H18F2N6O4. The second kappa shape index (κ2) is 9.19. The highest BCUT2D eigenvalue weighted by molar-refractivity contribution is 6.01. The molecule has 0 spiro atoms. The molecule has 0 fully saturated rings. The standard InChI is InChI=1S/C22H18F2N6O4/c1-30-16(32)6-5-11(20(30)25)18-19(12(10-31)17-13(23)3-2-4-14(17)24)34-22(28-18)29-21(33)15-9-26-7-8-27-15/h2-9,12,31H,10,25H2,1H3,(H,28,29,33). The molecule has 4 N–H and O–H groups in total. The molecule has 1 unspecified atom stereocenters. The Morgan fingerprint density at radius 2 is 1.97 bits per heavy atom. The summed E-state index contributed by atoms with van der Waals surface area (Å²) in [5.74, 6) is -4.08. The second-order valence-corrected chi connectivity index (χ2v) is 7.18. The maximum atomic E-state index is 14.6. The van der Waals surface area contributed by atoms with Crippen LogP contribution in [0, 0.1) is 11.6 Å². The minimum Gasteiger partial charge on any atom is -0.427 e. The summed E-state index contributed by atoms with van der Waals surface area (Å²) in [6.45, 7) is -0.761. The van der Waals surface area contributed by atoms with Gasteiger partial charge in [-0.25, -0.2) is 13.8 Å². The van der Waals surface area contributed by atoms with Crippen molar-refractivity contribution < 1.29 is 23.1 Å². The van der Waals surface area contributed by atoms with Crippen LogP contribution in [0.1, 0.15) is 27.7 Å². The summed E-state index contributed by atoms with van der Waals surface area (Å²) < 4.78 is 36.0. The third kappa shape index (κ3) is 4.13. The monoisotopic (exact) mass is 468 g/mol. The molecule has 34 heavy (non-hydrogen) atoms. The molecule has 1 atom stereocenters. The van der Waals surface area contributed by atoms with Crippen molar-refractivity contribution in [2.45, 2.75) is 5.92 Å². The Hall–Kier alpha value is -4.45. The second-order valence-electron chi connectivity index (χ2n) is 7.18. The molecule has 4 aromatic rings. The lowest BCUT2D eigenvalue weighted by molar-refractivity contribution is 0.101. The van der Waals surface area contributed by atoms with Gasteiger partial charge < -0.3 is 15.3 Å². The highest BCUT2D eigenvalue weighted by Crippen LogP contribution is 2.38. The molecule has 0 radical (unpaired) electrons. The van der Waals surface area contributed by atoms with Crippen LogP contribution in [0.4, 0.5) is 20.6 Å². The summed E-state index contributed by atoms with van der Waals surface area (Å²) in [5, 5.41) is 12.5. The van der Waals surface area contributed by atoms with Crippen LogP contribution < -0.4 is 16.6 Å². The molecule has 0 saturated heterocycles. The molecule has 0 aliphatic rings. The lowest BCUT2D eigenvalue weighted by Crippen LogP contribution is -2.19. The minimum atomic E-state index is -1.34. The highest BCUT2D eigenvalue weighted by atomic mass is 19.1. The number of benzene rings is 1. The van der Waals surface area contributed by atoms with Crippen molar-refractivity contribution in [1.82, 2.24) is 19.5 Å². The molecular weight excluding hydrogens is 450 g/mol. The molecule has 12 heteroatoms. The summed E-state index contributed by atoms with van der Waals surface area (Å²) in [4.78, 5) is 36.4. The molecule has 174 valence electrons. The van der Waals surface area contributed by atoms with Gasteiger partial charge in [-0.05, 0) is 18.2 Å². The van der Waals surface area contributed by atoms with E-state index >= 15 is 0 Å². The van der Waals surface area contributed by atoms with E-state index < -0.39 is 41.2 Å². The number of nitrogens with zero attached hydrogens (tertiary/aromatic N) is 4. The Labute approximate surface area is 190 Å². The Morgan fingerprint density at radius 1 is 1.24 bits per heavy atom. The number of pyridine rings is 1. The van der Waals surface area contributed by atoms with E-state index in [2.05, 4.69) is 20.3 Å². The molecule has 3 aromatic heterocycles. The predicted molar refractivity (Wildman–Crippen MR) is 117 cm³/mol. The first kappa shape index (κ1) is 22.7. The van der Waals surface area contributed by atoms with Crippen LogP contribution in [-0.4, -0.2) is 37.1 Å². The van der Waals surface area contributed by atoms with Gasteiger partial charge in [0.2, 0.25) is 0 Å². The topological polar surface area (TPSA) is 149 Å². The smallest absolute Gasteiger partial charge is 0.302 e. The molecule has 0 aliphatic heterocycles. The maximum Gasteiger partial charge on any atom is 0.302 e. The van der Waals surface area contributed by atoms with E-state index in [-0.39, 0.29) is 34.5 Å². The number of oxazole rings is 1. The van der Waals surface area contributed by atoms with Crippen molar-refractivity contribution in [3.63, 3.8) is 0 Å². The maximum absolute atomic E-state index is 14.6. The zero-order chi connectivity index (χ0) is 24.4. The fourth-order valence-corrected chi connectivity index (χ4v) is 3.39. The zero-order valence-electron chi connectivity index (χ0n) is 17.7. The Bertz CT molecular complexity index is 1400. The Morgan fingerprint density at radius 3 is 2.62 bits per heavy atom. The van der Waals surface area contributed by atoms with Gasteiger partial charge in [-0.1, -0.05) is 6.07 Å². The number of amides is 1. The third-order valence-electron chi connectivity index (χ3n) is 5.13.